The molecule has 3 heteroatoms. The number of fused-ring (bicyclic) bond motifs is 1. The normalized spacial score (nSPS) is 23.2. The molecule has 1 aliphatic carbocycles. The average molecular weight is 331 g/mol. The highest BCUT2D eigenvalue weighted by Gasteiger charge is 2.49. The van der Waals surface area contributed by atoms with Crippen LogP contribution in [-0.2, 0) is 21.5 Å². The van der Waals surface area contributed by atoms with E-state index >= 15 is 0 Å². The predicted octanol–water partition coefficient (Wildman–Crippen LogP) is 3.99. The number of benzene rings is 2. The van der Waals surface area contributed by atoms with E-state index in [-0.39, 0.29) is 11.8 Å². The van der Waals surface area contributed by atoms with Crippen LogP contribution in [0.1, 0.15) is 36.8 Å². The van der Waals surface area contributed by atoms with Gasteiger partial charge in [0.25, 0.3) is 5.91 Å². The van der Waals surface area contributed by atoms with Crippen LogP contribution in [0.4, 0.5) is 0 Å². The summed E-state index contributed by atoms with van der Waals surface area (Å²) in [6.45, 7) is 0.348. The van der Waals surface area contributed by atoms with Gasteiger partial charge in [0.15, 0.2) is 0 Å². The van der Waals surface area contributed by atoms with E-state index in [1.807, 2.05) is 60.7 Å². The molecule has 1 heterocycles. The van der Waals surface area contributed by atoms with Gasteiger partial charge in [0, 0.05) is 17.4 Å². The van der Waals surface area contributed by atoms with Crippen molar-refractivity contribution in [3.05, 3.63) is 83.4 Å². The molecule has 1 unspecified atom stereocenters. The molecule has 1 aliphatic heterocycles. The predicted molar refractivity (Wildman–Crippen MR) is 96.7 cm³/mol. The minimum Gasteiger partial charge on any atom is -0.274 e. The van der Waals surface area contributed by atoms with Gasteiger partial charge in [-0.1, -0.05) is 66.7 Å². The summed E-state index contributed by atoms with van der Waals surface area (Å²) in [5, 5.41) is 0. The van der Waals surface area contributed by atoms with Crippen molar-refractivity contribution < 1.29 is 9.59 Å². The van der Waals surface area contributed by atoms with Gasteiger partial charge in [0.2, 0.25) is 5.91 Å². The largest absolute Gasteiger partial charge is 0.274 e. The number of nitrogens with zero attached hydrogens (tertiary/aromatic N) is 1. The zero-order valence-electron chi connectivity index (χ0n) is 14.2. The molecule has 126 valence electrons. The lowest BCUT2D eigenvalue weighted by atomic mass is 9.63. The Bertz CT molecular complexity index is 826. The SMILES string of the molecule is O=C1CC2(c3ccccc3)CCCC=C2C(=O)N1Cc1ccccc1. The third-order valence-electron chi connectivity index (χ3n) is 5.41. The highest BCUT2D eigenvalue weighted by molar-refractivity contribution is 6.10. The van der Waals surface area contributed by atoms with Crippen LogP contribution in [-0.4, -0.2) is 16.7 Å². The van der Waals surface area contributed by atoms with Crippen molar-refractivity contribution in [1.82, 2.24) is 4.90 Å². The molecule has 0 N–H and O–H groups in total. The van der Waals surface area contributed by atoms with E-state index in [9.17, 15) is 9.59 Å². The van der Waals surface area contributed by atoms with Gasteiger partial charge >= 0.3 is 0 Å². The maximum Gasteiger partial charge on any atom is 0.257 e. The highest BCUT2D eigenvalue weighted by atomic mass is 16.2. The number of imide groups is 1. The number of hydrogen-bond donors (Lipinski definition) is 0. The zero-order valence-corrected chi connectivity index (χ0v) is 14.2. The Balaban J connectivity index is 1.72. The van der Waals surface area contributed by atoms with Crippen molar-refractivity contribution in [1.29, 1.82) is 0 Å². The van der Waals surface area contributed by atoms with E-state index in [2.05, 4.69) is 6.08 Å². The van der Waals surface area contributed by atoms with Crippen LogP contribution in [0, 0.1) is 0 Å². The van der Waals surface area contributed by atoms with Crippen molar-refractivity contribution in [2.45, 2.75) is 37.6 Å². The minimum atomic E-state index is -0.444. The van der Waals surface area contributed by atoms with Crippen LogP contribution >= 0.6 is 0 Å². The fourth-order valence-electron chi connectivity index (χ4n) is 4.15. The molecule has 0 aromatic heterocycles. The second-order valence-electron chi connectivity index (χ2n) is 6.91. The summed E-state index contributed by atoms with van der Waals surface area (Å²) in [6, 6.07) is 19.8. The Morgan fingerprint density at radius 1 is 0.920 bits per heavy atom. The van der Waals surface area contributed by atoms with Gasteiger partial charge < -0.3 is 0 Å². The number of piperidine rings is 1. The van der Waals surface area contributed by atoms with Gasteiger partial charge in [-0.25, -0.2) is 0 Å². The maximum absolute atomic E-state index is 13.2. The molecule has 0 bridgehead atoms. The van der Waals surface area contributed by atoms with Crippen LogP contribution in [0.5, 0.6) is 0 Å². The van der Waals surface area contributed by atoms with Crippen molar-refractivity contribution >= 4 is 11.8 Å². The smallest absolute Gasteiger partial charge is 0.257 e. The molecule has 2 amide bonds. The second kappa shape index (κ2) is 6.32. The summed E-state index contributed by atoms with van der Waals surface area (Å²) in [6.07, 6.45) is 5.21. The Morgan fingerprint density at radius 3 is 2.32 bits per heavy atom. The molecule has 1 atom stereocenters. The van der Waals surface area contributed by atoms with Crippen molar-refractivity contribution in [2.24, 2.45) is 0 Å². The molecule has 1 fully saturated rings. The molecule has 0 spiro atoms. The number of likely N-dealkylation sites (tertiary alicyclic amines) is 1. The summed E-state index contributed by atoms with van der Waals surface area (Å²) in [7, 11) is 0. The summed E-state index contributed by atoms with van der Waals surface area (Å²) in [5.74, 6) is -0.194. The molecular weight excluding hydrogens is 310 g/mol. The molecule has 3 nitrogen and oxygen atoms in total. The summed E-state index contributed by atoms with van der Waals surface area (Å²) in [4.78, 5) is 27.5. The van der Waals surface area contributed by atoms with E-state index < -0.39 is 5.41 Å². The molecule has 4 rings (SSSR count). The van der Waals surface area contributed by atoms with Gasteiger partial charge in [-0.05, 0) is 30.4 Å². The van der Waals surface area contributed by atoms with E-state index in [1.54, 1.807) is 0 Å². The molecule has 2 aromatic carbocycles. The number of carbonyl (C=O) groups is 2. The molecule has 2 aromatic rings. The molecular formula is C22H21NO2. The van der Waals surface area contributed by atoms with E-state index in [4.69, 9.17) is 0 Å². The molecule has 0 saturated carbocycles. The van der Waals surface area contributed by atoms with Crippen LogP contribution < -0.4 is 0 Å². The van der Waals surface area contributed by atoms with Crippen LogP contribution in [0.25, 0.3) is 0 Å². The second-order valence-corrected chi connectivity index (χ2v) is 6.91. The van der Waals surface area contributed by atoms with E-state index in [0.29, 0.717) is 13.0 Å². The van der Waals surface area contributed by atoms with Gasteiger partial charge in [-0.2, -0.15) is 0 Å². The van der Waals surface area contributed by atoms with Gasteiger partial charge in [0.1, 0.15) is 0 Å². The van der Waals surface area contributed by atoms with Crippen LogP contribution in [0.15, 0.2) is 72.3 Å². The van der Waals surface area contributed by atoms with Crippen molar-refractivity contribution in [3.8, 4) is 0 Å². The number of amides is 2. The summed E-state index contributed by atoms with van der Waals surface area (Å²) in [5.41, 5.74) is 2.43. The van der Waals surface area contributed by atoms with Crippen molar-refractivity contribution in [2.75, 3.05) is 0 Å². The number of hydrogen-bond acceptors (Lipinski definition) is 2. The Labute approximate surface area is 148 Å². The lowest BCUT2D eigenvalue weighted by molar-refractivity contribution is -0.147. The summed E-state index contributed by atoms with van der Waals surface area (Å²) < 4.78 is 0. The fourth-order valence-corrected chi connectivity index (χ4v) is 4.15. The van der Waals surface area contributed by atoms with Gasteiger partial charge in [-0.15, -0.1) is 0 Å². The first kappa shape index (κ1) is 15.8. The highest BCUT2D eigenvalue weighted by Crippen LogP contribution is 2.47. The first-order chi connectivity index (χ1) is 12.2. The Kier molecular flexibility index (Phi) is 4.00. The lowest BCUT2D eigenvalue weighted by Crippen LogP contribution is -2.52. The number of carbonyl (C=O) groups excluding carboxylic acids is 2. The van der Waals surface area contributed by atoms with E-state index in [0.717, 1.165) is 36.0 Å². The topological polar surface area (TPSA) is 37.4 Å². The third-order valence-corrected chi connectivity index (χ3v) is 5.41. The summed E-state index contributed by atoms with van der Waals surface area (Å²) >= 11 is 0. The standard InChI is InChI=1S/C22H21NO2/c24-20-15-22(18-11-5-2-6-12-18)14-8-7-13-19(22)21(25)23(20)16-17-9-3-1-4-10-17/h1-6,9-13H,7-8,14-16H2. The molecule has 0 radical (unpaired) electrons. The monoisotopic (exact) mass is 331 g/mol. The average Bonchev–Trinajstić information content (AvgIpc) is 2.67. The zero-order chi connectivity index (χ0) is 17.3. The van der Waals surface area contributed by atoms with Crippen LogP contribution in [0.2, 0.25) is 0 Å². The third kappa shape index (κ3) is 2.70. The maximum atomic E-state index is 13.2. The quantitative estimate of drug-likeness (QED) is 0.798. The molecule has 25 heavy (non-hydrogen) atoms. The first-order valence-corrected chi connectivity index (χ1v) is 8.85. The van der Waals surface area contributed by atoms with E-state index in [1.165, 1.54) is 4.90 Å². The van der Waals surface area contributed by atoms with Gasteiger partial charge in [-0.3, -0.25) is 14.5 Å². The Morgan fingerprint density at radius 2 is 1.60 bits per heavy atom. The first-order valence-electron chi connectivity index (χ1n) is 8.85. The molecule has 2 aliphatic rings. The lowest BCUT2D eigenvalue weighted by Gasteiger charge is -2.44. The van der Waals surface area contributed by atoms with Crippen molar-refractivity contribution in [3.63, 3.8) is 0 Å². The van der Waals surface area contributed by atoms with Crippen LogP contribution in [0.3, 0.4) is 0 Å². The van der Waals surface area contributed by atoms with Gasteiger partial charge in [0.05, 0.1) is 6.54 Å². The number of rotatable bonds is 3. The fraction of sp³-hybridized carbons (Fsp3) is 0.273. The minimum absolute atomic E-state index is 0.0724. The number of allylic oxidation sites excluding steroid dienone is 1. The Hall–Kier alpha value is -2.68. The molecule has 1 saturated heterocycles.